The van der Waals surface area contributed by atoms with Crippen molar-refractivity contribution in [2.75, 3.05) is 0 Å². The van der Waals surface area contributed by atoms with Crippen molar-refractivity contribution in [2.24, 2.45) is 5.16 Å². The molecular weight excluding hydrogens is 278 g/mol. The Hall–Kier alpha value is -0.940. The van der Waals surface area contributed by atoms with Crippen LogP contribution in [0.25, 0.3) is 0 Å². The summed E-state index contributed by atoms with van der Waals surface area (Å²) in [6.07, 6.45) is -3.00. The van der Waals surface area contributed by atoms with Gasteiger partial charge in [0.05, 0.1) is 6.42 Å². The Morgan fingerprint density at radius 3 is 2.24 bits per heavy atom. The molecule has 0 spiro atoms. The quantitative estimate of drug-likeness (QED) is 0.762. The SMILES string of the molecule is FC(F)(F)C1(c2cc(Cl)cc(Cl)c2)C[C]=NO1. The smallest absolute Gasteiger partial charge is 0.374 e. The molecule has 2 rings (SSSR count). The third-order valence-corrected chi connectivity index (χ3v) is 2.82. The first-order chi connectivity index (χ1) is 7.85. The van der Waals surface area contributed by atoms with Crippen molar-refractivity contribution in [1.82, 2.24) is 0 Å². The monoisotopic (exact) mass is 282 g/mol. The van der Waals surface area contributed by atoms with Gasteiger partial charge in [-0.1, -0.05) is 28.4 Å². The third kappa shape index (κ3) is 2.09. The molecule has 1 aliphatic rings. The van der Waals surface area contributed by atoms with Gasteiger partial charge in [-0.3, -0.25) is 0 Å². The minimum Gasteiger partial charge on any atom is -0.374 e. The number of hydrogen-bond acceptors (Lipinski definition) is 2. The summed E-state index contributed by atoms with van der Waals surface area (Å²) in [6.45, 7) is 0. The van der Waals surface area contributed by atoms with Crippen LogP contribution in [0.1, 0.15) is 12.0 Å². The summed E-state index contributed by atoms with van der Waals surface area (Å²) in [5.41, 5.74) is -2.72. The Kier molecular flexibility index (Phi) is 2.99. The molecule has 0 saturated heterocycles. The van der Waals surface area contributed by atoms with E-state index in [1.807, 2.05) is 0 Å². The molecule has 0 bridgehead atoms. The molecule has 1 heterocycles. The molecule has 1 radical (unpaired) electrons. The number of nitrogens with zero attached hydrogens (tertiary/aromatic N) is 1. The Labute approximate surface area is 105 Å². The average Bonchev–Trinajstić information content (AvgIpc) is 2.64. The van der Waals surface area contributed by atoms with Gasteiger partial charge in [-0.15, -0.1) is 0 Å². The minimum atomic E-state index is -4.63. The lowest BCUT2D eigenvalue weighted by Gasteiger charge is -2.29. The maximum atomic E-state index is 13.1. The molecule has 1 aromatic carbocycles. The van der Waals surface area contributed by atoms with E-state index in [4.69, 9.17) is 23.2 Å². The Morgan fingerprint density at radius 1 is 1.24 bits per heavy atom. The molecule has 1 aromatic rings. The second-order valence-electron chi connectivity index (χ2n) is 3.50. The molecule has 17 heavy (non-hydrogen) atoms. The zero-order valence-corrected chi connectivity index (χ0v) is 9.70. The molecule has 0 N–H and O–H groups in total. The third-order valence-electron chi connectivity index (χ3n) is 2.38. The van der Waals surface area contributed by atoms with Crippen molar-refractivity contribution in [3.05, 3.63) is 33.8 Å². The summed E-state index contributed by atoms with van der Waals surface area (Å²) < 4.78 is 39.2. The van der Waals surface area contributed by atoms with E-state index in [0.29, 0.717) is 0 Å². The van der Waals surface area contributed by atoms with E-state index in [1.165, 1.54) is 6.07 Å². The minimum absolute atomic E-state index is 0.103. The van der Waals surface area contributed by atoms with Gasteiger partial charge in [0.1, 0.15) is 6.21 Å². The second kappa shape index (κ2) is 4.07. The van der Waals surface area contributed by atoms with Crippen molar-refractivity contribution < 1.29 is 18.0 Å². The molecule has 1 unspecified atom stereocenters. The van der Waals surface area contributed by atoms with Crippen LogP contribution in [-0.4, -0.2) is 12.4 Å². The summed E-state index contributed by atoms with van der Waals surface area (Å²) >= 11 is 11.4. The molecule has 0 aromatic heterocycles. The predicted octanol–water partition coefficient (Wildman–Crippen LogP) is 4.03. The highest BCUT2D eigenvalue weighted by Gasteiger charge is 2.60. The van der Waals surface area contributed by atoms with Gasteiger partial charge in [0, 0.05) is 15.6 Å². The number of hydrogen-bond donors (Lipinski definition) is 0. The first kappa shape index (κ1) is 12.5. The topological polar surface area (TPSA) is 21.6 Å². The van der Waals surface area contributed by atoms with Crippen LogP contribution in [0.4, 0.5) is 13.2 Å². The lowest BCUT2D eigenvalue weighted by Crippen LogP contribution is -2.42. The number of benzene rings is 1. The maximum absolute atomic E-state index is 13.1. The van der Waals surface area contributed by atoms with Crippen molar-refractivity contribution in [3.8, 4) is 0 Å². The normalized spacial score (nSPS) is 23.8. The summed E-state index contributed by atoms with van der Waals surface area (Å²) in [5.74, 6) is 0. The molecule has 1 aliphatic heterocycles. The molecule has 1 atom stereocenters. The van der Waals surface area contributed by atoms with Gasteiger partial charge in [0.2, 0.25) is 0 Å². The Bertz CT molecular complexity index is 445. The first-order valence-corrected chi connectivity index (χ1v) is 5.25. The molecule has 7 heteroatoms. The summed E-state index contributed by atoms with van der Waals surface area (Å²) in [4.78, 5) is 4.47. The van der Waals surface area contributed by atoms with Crippen molar-refractivity contribution >= 4 is 29.4 Å². The van der Waals surface area contributed by atoms with Crippen LogP contribution in [0, 0.1) is 0 Å². The van der Waals surface area contributed by atoms with Gasteiger partial charge in [-0.2, -0.15) is 13.2 Å². The fourth-order valence-corrected chi connectivity index (χ4v) is 2.07. The summed E-state index contributed by atoms with van der Waals surface area (Å²) in [7, 11) is 0. The van der Waals surface area contributed by atoms with E-state index in [9.17, 15) is 13.2 Å². The van der Waals surface area contributed by atoms with Gasteiger partial charge < -0.3 is 4.84 Å². The molecular formula is C10H5Cl2F3NO. The summed E-state index contributed by atoms with van der Waals surface area (Å²) in [5, 5.41) is 3.29. The van der Waals surface area contributed by atoms with Crippen LogP contribution in [0.2, 0.25) is 10.0 Å². The van der Waals surface area contributed by atoms with Crippen LogP contribution in [-0.2, 0) is 10.4 Å². The van der Waals surface area contributed by atoms with Crippen LogP contribution in [0.15, 0.2) is 23.4 Å². The van der Waals surface area contributed by atoms with Crippen LogP contribution >= 0.6 is 23.2 Å². The highest BCUT2D eigenvalue weighted by atomic mass is 35.5. The lowest BCUT2D eigenvalue weighted by molar-refractivity contribution is -0.275. The zero-order valence-electron chi connectivity index (χ0n) is 8.18. The van der Waals surface area contributed by atoms with Crippen LogP contribution < -0.4 is 0 Å². The standard InChI is InChI=1S/C10H5Cl2F3NO/c11-7-3-6(4-8(12)5-7)9(10(13,14)15)1-2-16-17-9/h3-5H,1H2. The van der Waals surface area contributed by atoms with Crippen molar-refractivity contribution in [1.29, 1.82) is 0 Å². The molecule has 0 saturated carbocycles. The predicted molar refractivity (Wildman–Crippen MR) is 57.3 cm³/mol. The highest BCUT2D eigenvalue weighted by molar-refractivity contribution is 6.34. The van der Waals surface area contributed by atoms with E-state index in [0.717, 1.165) is 12.1 Å². The fourth-order valence-electron chi connectivity index (χ4n) is 1.54. The summed E-state index contributed by atoms with van der Waals surface area (Å²) in [6, 6.07) is 3.66. The number of halogens is 5. The molecule has 91 valence electrons. The largest absolute Gasteiger partial charge is 0.435 e. The van der Waals surface area contributed by atoms with E-state index >= 15 is 0 Å². The van der Waals surface area contributed by atoms with Gasteiger partial charge in [-0.25, -0.2) is 0 Å². The first-order valence-electron chi connectivity index (χ1n) is 4.49. The van der Waals surface area contributed by atoms with E-state index in [-0.39, 0.29) is 15.6 Å². The zero-order chi connectivity index (χ0) is 12.7. The maximum Gasteiger partial charge on any atom is 0.435 e. The molecule has 0 fully saturated rings. The Balaban J connectivity index is 2.54. The van der Waals surface area contributed by atoms with Gasteiger partial charge in [0.25, 0.3) is 5.60 Å². The van der Waals surface area contributed by atoms with Crippen molar-refractivity contribution in [3.63, 3.8) is 0 Å². The lowest BCUT2D eigenvalue weighted by atomic mass is 9.90. The highest BCUT2D eigenvalue weighted by Crippen LogP contribution is 2.47. The Morgan fingerprint density at radius 2 is 1.82 bits per heavy atom. The van der Waals surface area contributed by atoms with E-state index in [1.54, 1.807) is 0 Å². The molecule has 2 nitrogen and oxygen atoms in total. The van der Waals surface area contributed by atoms with Gasteiger partial charge in [0.15, 0.2) is 0 Å². The second-order valence-corrected chi connectivity index (χ2v) is 4.37. The fraction of sp³-hybridized carbons (Fsp3) is 0.300. The molecule has 0 aliphatic carbocycles. The van der Waals surface area contributed by atoms with E-state index in [2.05, 4.69) is 16.2 Å². The van der Waals surface area contributed by atoms with E-state index < -0.39 is 18.2 Å². The van der Waals surface area contributed by atoms with Gasteiger partial charge >= 0.3 is 6.18 Å². The number of alkyl halides is 3. The number of rotatable bonds is 1. The van der Waals surface area contributed by atoms with Gasteiger partial charge in [-0.05, 0) is 18.2 Å². The van der Waals surface area contributed by atoms with Crippen LogP contribution in [0.5, 0.6) is 0 Å². The van der Waals surface area contributed by atoms with Crippen LogP contribution in [0.3, 0.4) is 0 Å². The molecule has 0 amide bonds. The van der Waals surface area contributed by atoms with Crippen molar-refractivity contribution in [2.45, 2.75) is 18.2 Å². The average molecular weight is 283 g/mol.